The number of aryl methyl sites for hydroxylation is 2. The summed E-state index contributed by atoms with van der Waals surface area (Å²) in [4.78, 5) is 52.7. The number of ether oxygens (including phenoxy) is 1. The highest BCUT2D eigenvalue weighted by Crippen LogP contribution is 2.58. The van der Waals surface area contributed by atoms with E-state index in [0.29, 0.717) is 0 Å². The fourth-order valence-electron chi connectivity index (χ4n) is 3.41. The minimum absolute atomic E-state index is 0.0219. The molecule has 2 heterocycles. The van der Waals surface area contributed by atoms with Crippen molar-refractivity contribution in [2.75, 3.05) is 19.8 Å². The van der Waals surface area contributed by atoms with Gasteiger partial charge < -0.3 is 14.7 Å². The Kier molecular flexibility index (Phi) is 6.80. The molecule has 1 aliphatic heterocycles. The molecule has 33 heavy (non-hydrogen) atoms. The van der Waals surface area contributed by atoms with Gasteiger partial charge in [0.25, 0.3) is 13.6 Å². The van der Waals surface area contributed by atoms with Gasteiger partial charge in [0, 0.05) is 23.1 Å². The molecule has 1 aliphatic rings. The first-order valence-corrected chi connectivity index (χ1v) is 11.4. The molecule has 1 fully saturated rings. The van der Waals surface area contributed by atoms with Crippen LogP contribution in [0.5, 0.6) is 0 Å². The molecule has 1 aromatic heterocycles. The van der Waals surface area contributed by atoms with E-state index in [1.165, 1.54) is 31.2 Å². The summed E-state index contributed by atoms with van der Waals surface area (Å²) >= 11 is 0. The first-order valence-electron chi connectivity index (χ1n) is 9.89. The molecule has 1 saturated heterocycles. The van der Waals surface area contributed by atoms with E-state index in [1.54, 1.807) is 6.92 Å². The van der Waals surface area contributed by atoms with Gasteiger partial charge in [0.2, 0.25) is 0 Å². The molecule has 0 atom stereocenters. The molecule has 0 spiro atoms. The zero-order valence-corrected chi connectivity index (χ0v) is 19.4. The number of aromatic nitrogens is 1. The smallest absolute Gasteiger partial charge is 0.341 e. The maximum atomic E-state index is 13.8. The molecule has 0 saturated carbocycles. The molecule has 176 valence electrons. The van der Waals surface area contributed by atoms with Gasteiger partial charge in [-0.25, -0.2) is 18.6 Å². The summed E-state index contributed by atoms with van der Waals surface area (Å²) in [5.41, 5.74) is -0.229. The number of carboxylic acids is 1. The Bertz CT molecular complexity index is 1120. The lowest BCUT2D eigenvalue weighted by molar-refractivity contribution is -0.384. The van der Waals surface area contributed by atoms with E-state index in [9.17, 15) is 24.6 Å². The van der Waals surface area contributed by atoms with Crippen LogP contribution in [-0.2, 0) is 18.6 Å². The molecule has 0 unspecified atom stereocenters. The normalized spacial score (nSPS) is 16.8. The molecule has 11 nitrogen and oxygen atoms in total. The van der Waals surface area contributed by atoms with Crippen LogP contribution in [0.4, 0.5) is 5.69 Å². The molecule has 0 bridgehead atoms. The molecular formula is C21H23N2O9P. The number of nitrogens with zero attached hydrogens (tertiary/aromatic N) is 2. The molecule has 1 N–H and O–H groups in total. The number of carboxylic acid groups (broad SMARTS) is 1. The number of hydrogen-bond donors (Lipinski definition) is 1. The summed E-state index contributed by atoms with van der Waals surface area (Å²) < 4.78 is 16.2. The SMILES string of the molecule is Cc1nc(C)c([P+]2([O-])OCC(C)(C)CO2)c(-c2cccc([N+](=O)[O-])c2)c1C(=O)OCC(=O)O. The van der Waals surface area contributed by atoms with Crippen LogP contribution in [0, 0.1) is 29.4 Å². The summed E-state index contributed by atoms with van der Waals surface area (Å²) in [6.45, 7) is 6.09. The van der Waals surface area contributed by atoms with Gasteiger partial charge in [-0.15, -0.1) is 0 Å². The van der Waals surface area contributed by atoms with Crippen LogP contribution >= 0.6 is 7.94 Å². The number of esters is 1. The van der Waals surface area contributed by atoms with Crippen molar-refractivity contribution in [1.29, 1.82) is 0 Å². The minimum Gasteiger partial charge on any atom is -0.627 e. The molecule has 1 aromatic carbocycles. The Labute approximate surface area is 190 Å². The van der Waals surface area contributed by atoms with Crippen molar-refractivity contribution in [2.24, 2.45) is 5.41 Å². The summed E-state index contributed by atoms with van der Waals surface area (Å²) in [6, 6.07) is 5.39. The van der Waals surface area contributed by atoms with Crippen molar-refractivity contribution in [2.45, 2.75) is 27.7 Å². The average molecular weight is 478 g/mol. The van der Waals surface area contributed by atoms with Crippen molar-refractivity contribution >= 4 is 30.9 Å². The van der Waals surface area contributed by atoms with Gasteiger partial charge in [-0.05, 0) is 19.4 Å². The number of aliphatic carboxylic acids is 1. The minimum atomic E-state index is -4.01. The molecule has 0 aliphatic carbocycles. The summed E-state index contributed by atoms with van der Waals surface area (Å²) in [5.74, 6) is -2.40. The summed E-state index contributed by atoms with van der Waals surface area (Å²) in [6.07, 6.45) is 0. The second-order valence-electron chi connectivity index (χ2n) is 8.37. The second-order valence-corrected chi connectivity index (χ2v) is 10.3. The predicted octanol–water partition coefficient (Wildman–Crippen LogP) is 2.34. The highest BCUT2D eigenvalue weighted by molar-refractivity contribution is 7.67. The highest BCUT2D eigenvalue weighted by atomic mass is 31.2. The highest BCUT2D eigenvalue weighted by Gasteiger charge is 2.47. The number of nitro benzene ring substituents is 1. The number of pyridine rings is 1. The van der Waals surface area contributed by atoms with E-state index in [-0.39, 0.29) is 52.3 Å². The van der Waals surface area contributed by atoms with Crippen LogP contribution in [0.1, 0.15) is 35.6 Å². The molecule has 0 amide bonds. The van der Waals surface area contributed by atoms with Crippen LogP contribution in [-0.4, -0.2) is 46.8 Å². The second kappa shape index (κ2) is 9.11. The Morgan fingerprint density at radius 3 is 2.45 bits per heavy atom. The van der Waals surface area contributed by atoms with Crippen LogP contribution < -0.4 is 10.2 Å². The standard InChI is InChI=1S/C21H23N2O9P/c1-12-17(20(26)30-9-16(24)25)18(14-6-5-7-15(8-14)23(27)28)19(13(2)22-12)33(29)31-10-21(3,4)11-32-33/h5-8H,9-11H2,1-4H3,(H,24,25). The number of carbonyl (C=O) groups is 2. The first kappa shape index (κ1) is 24.7. The number of carbonyl (C=O) groups excluding carboxylic acids is 1. The van der Waals surface area contributed by atoms with Crippen molar-refractivity contribution < 1.29 is 38.3 Å². The van der Waals surface area contributed by atoms with E-state index >= 15 is 0 Å². The van der Waals surface area contributed by atoms with Gasteiger partial charge >= 0.3 is 11.9 Å². The van der Waals surface area contributed by atoms with Crippen molar-refractivity contribution in [3.8, 4) is 11.1 Å². The number of hydrogen-bond acceptors (Lipinski definition) is 9. The summed E-state index contributed by atoms with van der Waals surface area (Å²) in [5, 5.41) is 20.2. The molecule has 2 aromatic rings. The van der Waals surface area contributed by atoms with E-state index in [2.05, 4.69) is 4.98 Å². The van der Waals surface area contributed by atoms with E-state index in [4.69, 9.17) is 18.9 Å². The predicted molar refractivity (Wildman–Crippen MR) is 116 cm³/mol. The van der Waals surface area contributed by atoms with Crippen molar-refractivity contribution in [3.05, 3.63) is 51.3 Å². The lowest BCUT2D eigenvalue weighted by atomic mass is 9.97. The quantitative estimate of drug-likeness (QED) is 0.282. The molecule has 12 heteroatoms. The van der Waals surface area contributed by atoms with Gasteiger partial charge in [0.1, 0.15) is 13.2 Å². The summed E-state index contributed by atoms with van der Waals surface area (Å²) in [7, 11) is -4.01. The fourth-order valence-corrected chi connectivity index (χ4v) is 5.74. The largest absolute Gasteiger partial charge is 0.627 e. The number of rotatable bonds is 6. The van der Waals surface area contributed by atoms with Crippen molar-refractivity contribution in [3.63, 3.8) is 0 Å². The monoisotopic (exact) mass is 478 g/mol. The molecule has 0 radical (unpaired) electrons. The third-order valence-electron chi connectivity index (χ3n) is 4.93. The van der Waals surface area contributed by atoms with Crippen molar-refractivity contribution in [1.82, 2.24) is 4.98 Å². The average Bonchev–Trinajstić information content (AvgIpc) is 2.74. The number of benzene rings is 1. The Morgan fingerprint density at radius 2 is 1.88 bits per heavy atom. The third kappa shape index (κ3) is 5.17. The van der Waals surface area contributed by atoms with Gasteiger partial charge in [-0.3, -0.25) is 15.1 Å². The Hall–Kier alpha value is -2.98. The first-order chi connectivity index (χ1) is 15.3. The number of non-ortho nitro benzene ring substituents is 1. The maximum Gasteiger partial charge on any atom is 0.341 e. The lowest BCUT2D eigenvalue weighted by Gasteiger charge is -2.39. The van der Waals surface area contributed by atoms with E-state index < -0.39 is 36.8 Å². The van der Waals surface area contributed by atoms with E-state index in [0.717, 1.165) is 0 Å². The zero-order chi connectivity index (χ0) is 24.6. The van der Waals surface area contributed by atoms with Crippen LogP contribution in [0.25, 0.3) is 11.1 Å². The van der Waals surface area contributed by atoms with Crippen LogP contribution in [0.15, 0.2) is 24.3 Å². The van der Waals surface area contributed by atoms with E-state index in [1.807, 2.05) is 13.8 Å². The van der Waals surface area contributed by atoms with Gasteiger partial charge in [-0.2, -0.15) is 0 Å². The Balaban J connectivity index is 2.30. The topological polar surface area (TPSA) is 161 Å². The van der Waals surface area contributed by atoms with Crippen LogP contribution in [0.2, 0.25) is 0 Å². The zero-order valence-electron chi connectivity index (χ0n) is 18.5. The fraction of sp³-hybridized carbons (Fsp3) is 0.381. The van der Waals surface area contributed by atoms with Gasteiger partial charge in [-0.1, -0.05) is 26.0 Å². The van der Waals surface area contributed by atoms with Gasteiger partial charge in [0.05, 0.1) is 21.9 Å². The third-order valence-corrected chi connectivity index (χ3v) is 6.96. The maximum absolute atomic E-state index is 13.8. The number of nitro groups is 1. The lowest BCUT2D eigenvalue weighted by Crippen LogP contribution is -2.41. The Morgan fingerprint density at radius 1 is 1.24 bits per heavy atom. The van der Waals surface area contributed by atoms with Gasteiger partial charge in [0.15, 0.2) is 11.9 Å². The molecular weight excluding hydrogens is 455 g/mol. The van der Waals surface area contributed by atoms with Crippen LogP contribution in [0.3, 0.4) is 0 Å². The molecule has 3 rings (SSSR count).